The first-order chi connectivity index (χ1) is 15.9. The average molecular weight is 491 g/mol. The SMILES string of the molecule is COc1ccc(/C(O)=C2/C(=O)C(=O)N(CCN3CCOCC3)C2c2cccc(Cl)c2)cc1Cl. The van der Waals surface area contributed by atoms with E-state index in [1.165, 1.54) is 18.1 Å². The Kier molecular flexibility index (Phi) is 7.24. The van der Waals surface area contributed by atoms with Crippen molar-refractivity contribution in [3.63, 3.8) is 0 Å². The lowest BCUT2D eigenvalue weighted by molar-refractivity contribution is -0.140. The van der Waals surface area contributed by atoms with Crippen molar-refractivity contribution in [3.05, 3.63) is 69.2 Å². The Balaban J connectivity index is 1.75. The Bertz CT molecular complexity index is 1100. The van der Waals surface area contributed by atoms with Gasteiger partial charge >= 0.3 is 0 Å². The molecule has 0 radical (unpaired) electrons. The molecule has 2 aliphatic rings. The second-order valence-electron chi connectivity index (χ2n) is 7.85. The molecule has 2 heterocycles. The van der Waals surface area contributed by atoms with Gasteiger partial charge < -0.3 is 19.5 Å². The molecule has 33 heavy (non-hydrogen) atoms. The highest BCUT2D eigenvalue weighted by Crippen LogP contribution is 2.40. The standard InChI is InChI=1S/C24H24Cl2N2O5/c1-32-19-6-5-16(14-18(19)26)22(29)20-21(15-3-2-4-17(25)13-15)28(24(31)23(20)30)8-7-27-9-11-33-12-10-27/h2-6,13-14,21,29H,7-12H2,1H3/b22-20-. The van der Waals surface area contributed by atoms with Crippen LogP contribution >= 0.6 is 23.2 Å². The number of nitrogens with zero attached hydrogens (tertiary/aromatic N) is 2. The van der Waals surface area contributed by atoms with E-state index in [0.29, 0.717) is 48.2 Å². The van der Waals surface area contributed by atoms with Crippen LogP contribution in [-0.2, 0) is 14.3 Å². The predicted molar refractivity (Wildman–Crippen MR) is 126 cm³/mol. The molecule has 0 bridgehead atoms. The molecule has 1 N–H and O–H groups in total. The summed E-state index contributed by atoms with van der Waals surface area (Å²) in [6.07, 6.45) is 0. The Morgan fingerprint density at radius 1 is 1.12 bits per heavy atom. The fourth-order valence-electron chi connectivity index (χ4n) is 4.18. The van der Waals surface area contributed by atoms with Gasteiger partial charge in [-0.15, -0.1) is 0 Å². The van der Waals surface area contributed by atoms with Crippen molar-refractivity contribution in [2.75, 3.05) is 46.5 Å². The maximum atomic E-state index is 13.1. The monoisotopic (exact) mass is 490 g/mol. The number of methoxy groups -OCH3 is 1. The van der Waals surface area contributed by atoms with Crippen LogP contribution in [0, 0.1) is 0 Å². The van der Waals surface area contributed by atoms with Gasteiger partial charge in [0.15, 0.2) is 0 Å². The van der Waals surface area contributed by atoms with Gasteiger partial charge in [-0.25, -0.2) is 0 Å². The highest BCUT2D eigenvalue weighted by Gasteiger charge is 2.46. The van der Waals surface area contributed by atoms with Gasteiger partial charge in [0.2, 0.25) is 0 Å². The van der Waals surface area contributed by atoms with E-state index in [-0.39, 0.29) is 16.4 Å². The number of rotatable bonds is 6. The molecule has 2 aromatic carbocycles. The minimum atomic E-state index is -0.773. The van der Waals surface area contributed by atoms with E-state index in [9.17, 15) is 14.7 Å². The van der Waals surface area contributed by atoms with E-state index < -0.39 is 17.7 Å². The van der Waals surface area contributed by atoms with Gasteiger partial charge in [-0.1, -0.05) is 35.3 Å². The number of halogens is 2. The number of carbonyl (C=O) groups is 2. The molecule has 2 fully saturated rings. The first-order valence-electron chi connectivity index (χ1n) is 10.6. The van der Waals surface area contributed by atoms with Crippen LogP contribution in [0.4, 0.5) is 0 Å². The summed E-state index contributed by atoms with van der Waals surface area (Å²) in [5.41, 5.74) is 0.967. The third kappa shape index (κ3) is 4.87. The number of likely N-dealkylation sites (tertiary alicyclic amines) is 1. The van der Waals surface area contributed by atoms with E-state index in [2.05, 4.69) is 4.90 Å². The quantitative estimate of drug-likeness (QED) is 0.377. The number of amides is 1. The molecule has 1 amide bonds. The van der Waals surface area contributed by atoms with Gasteiger partial charge in [-0.2, -0.15) is 0 Å². The average Bonchev–Trinajstić information content (AvgIpc) is 3.07. The number of Topliss-reactive ketones (excluding diaryl/α,β-unsaturated/α-hetero) is 1. The van der Waals surface area contributed by atoms with Crippen LogP contribution in [0.3, 0.4) is 0 Å². The fraction of sp³-hybridized carbons (Fsp3) is 0.333. The number of aliphatic hydroxyl groups excluding tert-OH is 1. The lowest BCUT2D eigenvalue weighted by Crippen LogP contribution is -2.42. The zero-order chi connectivity index (χ0) is 23.5. The van der Waals surface area contributed by atoms with Gasteiger partial charge in [-0.05, 0) is 35.9 Å². The summed E-state index contributed by atoms with van der Waals surface area (Å²) in [4.78, 5) is 29.9. The summed E-state index contributed by atoms with van der Waals surface area (Å²) in [6, 6.07) is 10.9. The van der Waals surface area contributed by atoms with Crippen LogP contribution in [0.1, 0.15) is 17.2 Å². The minimum Gasteiger partial charge on any atom is -0.507 e. The lowest BCUT2D eigenvalue weighted by atomic mass is 9.95. The Hall–Kier alpha value is -2.58. The predicted octanol–water partition coefficient (Wildman–Crippen LogP) is 3.76. The van der Waals surface area contributed by atoms with E-state index in [1.54, 1.807) is 36.4 Å². The van der Waals surface area contributed by atoms with Gasteiger partial charge in [0, 0.05) is 36.8 Å². The number of hydrogen-bond acceptors (Lipinski definition) is 6. The minimum absolute atomic E-state index is 0.00507. The van der Waals surface area contributed by atoms with E-state index in [0.717, 1.165) is 13.1 Å². The van der Waals surface area contributed by atoms with Crippen molar-refractivity contribution in [1.82, 2.24) is 9.80 Å². The van der Waals surface area contributed by atoms with Crippen molar-refractivity contribution in [2.24, 2.45) is 0 Å². The van der Waals surface area contributed by atoms with E-state index in [4.69, 9.17) is 32.7 Å². The number of morpholine rings is 1. The molecule has 0 aliphatic carbocycles. The zero-order valence-electron chi connectivity index (χ0n) is 18.1. The van der Waals surface area contributed by atoms with Gasteiger partial charge in [0.05, 0.1) is 37.0 Å². The number of benzene rings is 2. The molecule has 7 nitrogen and oxygen atoms in total. The number of carbonyl (C=O) groups excluding carboxylic acids is 2. The smallest absolute Gasteiger partial charge is 0.295 e. The number of hydrogen-bond donors (Lipinski definition) is 1. The highest BCUT2D eigenvalue weighted by molar-refractivity contribution is 6.46. The third-order valence-electron chi connectivity index (χ3n) is 5.89. The molecule has 0 saturated carbocycles. The summed E-state index contributed by atoms with van der Waals surface area (Å²) in [5.74, 6) is -1.26. The van der Waals surface area contributed by atoms with Crippen LogP contribution in [0.5, 0.6) is 5.75 Å². The summed E-state index contributed by atoms with van der Waals surface area (Å²) in [6.45, 7) is 3.69. The Labute approximate surface area is 202 Å². The van der Waals surface area contributed by atoms with E-state index in [1.807, 2.05) is 0 Å². The van der Waals surface area contributed by atoms with Crippen LogP contribution in [-0.4, -0.2) is 73.1 Å². The van der Waals surface area contributed by atoms with Crippen LogP contribution in [0.25, 0.3) is 5.76 Å². The zero-order valence-corrected chi connectivity index (χ0v) is 19.6. The summed E-state index contributed by atoms with van der Waals surface area (Å²) < 4.78 is 10.6. The van der Waals surface area contributed by atoms with Crippen molar-refractivity contribution < 1.29 is 24.2 Å². The highest BCUT2D eigenvalue weighted by atomic mass is 35.5. The second-order valence-corrected chi connectivity index (χ2v) is 8.69. The van der Waals surface area contributed by atoms with Crippen molar-refractivity contribution >= 4 is 40.7 Å². The maximum Gasteiger partial charge on any atom is 0.295 e. The number of ether oxygens (including phenoxy) is 2. The normalized spacial score (nSPS) is 20.9. The number of aliphatic hydroxyl groups is 1. The van der Waals surface area contributed by atoms with Crippen LogP contribution in [0.15, 0.2) is 48.0 Å². The number of ketones is 1. The van der Waals surface area contributed by atoms with Crippen molar-refractivity contribution in [3.8, 4) is 5.75 Å². The fourth-order valence-corrected chi connectivity index (χ4v) is 4.63. The van der Waals surface area contributed by atoms with Crippen LogP contribution < -0.4 is 4.74 Å². The van der Waals surface area contributed by atoms with Gasteiger partial charge in [-0.3, -0.25) is 14.5 Å². The molecular weight excluding hydrogens is 467 g/mol. The summed E-state index contributed by atoms with van der Waals surface area (Å²) in [7, 11) is 1.49. The molecular formula is C24H24Cl2N2O5. The molecule has 1 atom stereocenters. The molecule has 2 saturated heterocycles. The first kappa shape index (κ1) is 23.6. The molecule has 1 unspecified atom stereocenters. The topological polar surface area (TPSA) is 79.3 Å². The molecule has 2 aromatic rings. The first-order valence-corrected chi connectivity index (χ1v) is 11.3. The van der Waals surface area contributed by atoms with E-state index >= 15 is 0 Å². The third-order valence-corrected chi connectivity index (χ3v) is 6.42. The summed E-state index contributed by atoms with van der Waals surface area (Å²) in [5, 5.41) is 11.9. The Morgan fingerprint density at radius 3 is 2.55 bits per heavy atom. The molecule has 0 spiro atoms. The molecule has 9 heteroatoms. The van der Waals surface area contributed by atoms with Gasteiger partial charge in [0.25, 0.3) is 11.7 Å². The summed E-state index contributed by atoms with van der Waals surface area (Å²) >= 11 is 12.5. The molecule has 4 rings (SSSR count). The molecule has 2 aliphatic heterocycles. The second kappa shape index (κ2) is 10.1. The van der Waals surface area contributed by atoms with Crippen molar-refractivity contribution in [2.45, 2.75) is 6.04 Å². The largest absolute Gasteiger partial charge is 0.507 e. The lowest BCUT2D eigenvalue weighted by Gasteiger charge is -2.31. The van der Waals surface area contributed by atoms with Gasteiger partial charge in [0.1, 0.15) is 11.5 Å². The maximum absolute atomic E-state index is 13.1. The van der Waals surface area contributed by atoms with Crippen LogP contribution in [0.2, 0.25) is 10.0 Å². The molecule has 174 valence electrons. The van der Waals surface area contributed by atoms with Crippen molar-refractivity contribution in [1.29, 1.82) is 0 Å². The molecule has 0 aromatic heterocycles. The Morgan fingerprint density at radius 2 is 1.88 bits per heavy atom.